The predicted octanol–water partition coefficient (Wildman–Crippen LogP) is 0.367. The average Bonchev–Trinajstić information content (AvgIpc) is 2.87. The van der Waals surface area contributed by atoms with Gasteiger partial charge in [-0.1, -0.05) is 5.11 Å². The molecule has 0 radical (unpaired) electrons. The summed E-state index contributed by atoms with van der Waals surface area (Å²) >= 11 is 0. The zero-order valence-electron chi connectivity index (χ0n) is 10.4. The third-order valence-electron chi connectivity index (χ3n) is 3.25. The Kier molecular flexibility index (Phi) is 3.11. The Labute approximate surface area is 112 Å². The first kappa shape index (κ1) is 12.6. The van der Waals surface area contributed by atoms with Gasteiger partial charge in [0.25, 0.3) is 0 Å². The predicted molar refractivity (Wildman–Crippen MR) is 68.3 cm³/mol. The van der Waals surface area contributed by atoms with Crippen LogP contribution in [0.3, 0.4) is 0 Å². The lowest BCUT2D eigenvalue weighted by Gasteiger charge is -2.33. The van der Waals surface area contributed by atoms with Crippen LogP contribution in [0.2, 0.25) is 0 Å². The van der Waals surface area contributed by atoms with Crippen LogP contribution < -0.4 is 5.73 Å². The number of ether oxygens (including phenoxy) is 1. The summed E-state index contributed by atoms with van der Waals surface area (Å²) in [6, 6.07) is -0.546. The van der Waals surface area contributed by atoms with E-state index < -0.39 is 18.4 Å². The number of azide groups is 1. The lowest BCUT2D eigenvalue weighted by molar-refractivity contribution is -0.121. The van der Waals surface area contributed by atoms with Gasteiger partial charge < -0.3 is 15.6 Å². The molecule has 3 rings (SSSR count). The van der Waals surface area contributed by atoms with Crippen LogP contribution in [0.1, 0.15) is 12.6 Å². The highest BCUT2D eigenvalue weighted by Gasteiger charge is 2.34. The van der Waals surface area contributed by atoms with E-state index in [4.69, 9.17) is 16.0 Å². The molecule has 10 nitrogen and oxygen atoms in total. The number of imidazole rings is 1. The molecule has 2 aromatic rings. The Morgan fingerprint density at radius 1 is 1.50 bits per heavy atom. The van der Waals surface area contributed by atoms with Gasteiger partial charge in [0.05, 0.1) is 12.4 Å². The van der Waals surface area contributed by atoms with Crippen LogP contribution in [0, 0.1) is 0 Å². The summed E-state index contributed by atoms with van der Waals surface area (Å²) < 4.78 is 7.11. The van der Waals surface area contributed by atoms with Crippen molar-refractivity contribution in [3.05, 3.63) is 23.1 Å². The second kappa shape index (κ2) is 4.93. The smallest absolute Gasteiger partial charge is 0.167 e. The Balaban J connectivity index is 2.02. The van der Waals surface area contributed by atoms with E-state index in [1.165, 1.54) is 12.7 Å². The van der Waals surface area contributed by atoms with E-state index in [1.807, 2.05) is 0 Å². The van der Waals surface area contributed by atoms with Gasteiger partial charge in [0.2, 0.25) is 0 Å². The molecule has 0 aliphatic carbocycles. The number of nitrogen functional groups attached to an aromatic ring is 1. The molecular weight excluding hydrogens is 264 g/mol. The second-order valence-corrected chi connectivity index (χ2v) is 4.40. The van der Waals surface area contributed by atoms with Crippen LogP contribution >= 0.6 is 0 Å². The standard InChI is InChI=1S/C10H12N8O2/c11-8-6-9(14-3-13-8)18(4-15-6)10-7(19)5(16-17-12)1-2-20-10/h3-5,7,10,19H,1-2H2,(H2,11,13,14)/t5-,7-,10+/m1/s1. The highest BCUT2D eigenvalue weighted by Crippen LogP contribution is 2.28. The van der Waals surface area contributed by atoms with E-state index >= 15 is 0 Å². The third-order valence-corrected chi connectivity index (χ3v) is 3.25. The van der Waals surface area contributed by atoms with Gasteiger partial charge in [-0.2, -0.15) is 0 Å². The maximum absolute atomic E-state index is 10.2. The number of hydrogen-bond donors (Lipinski definition) is 2. The van der Waals surface area contributed by atoms with Crippen LogP contribution in [0.25, 0.3) is 21.6 Å². The zero-order chi connectivity index (χ0) is 14.1. The average molecular weight is 276 g/mol. The van der Waals surface area contributed by atoms with E-state index in [2.05, 4.69) is 25.0 Å². The summed E-state index contributed by atoms with van der Waals surface area (Å²) in [5, 5.41) is 13.8. The molecule has 1 saturated heterocycles. The largest absolute Gasteiger partial charge is 0.388 e. The maximum atomic E-state index is 10.2. The molecule has 1 aliphatic heterocycles. The van der Waals surface area contributed by atoms with Crippen LogP contribution in [0.4, 0.5) is 5.82 Å². The summed E-state index contributed by atoms with van der Waals surface area (Å²) in [7, 11) is 0. The summed E-state index contributed by atoms with van der Waals surface area (Å²) in [5.74, 6) is 0.255. The van der Waals surface area contributed by atoms with Gasteiger partial charge in [0, 0.05) is 11.5 Å². The number of aliphatic hydroxyl groups is 1. The molecule has 2 aromatic heterocycles. The van der Waals surface area contributed by atoms with E-state index in [0.29, 0.717) is 24.2 Å². The van der Waals surface area contributed by atoms with Crippen molar-refractivity contribution in [3.8, 4) is 0 Å². The molecule has 1 aliphatic rings. The number of nitrogens with two attached hydrogens (primary N) is 1. The first-order valence-corrected chi connectivity index (χ1v) is 5.99. The van der Waals surface area contributed by atoms with E-state index in [-0.39, 0.29) is 5.82 Å². The van der Waals surface area contributed by atoms with E-state index in [1.54, 1.807) is 4.57 Å². The molecule has 0 amide bonds. The molecule has 104 valence electrons. The van der Waals surface area contributed by atoms with E-state index in [9.17, 15) is 5.11 Å². The zero-order valence-corrected chi connectivity index (χ0v) is 10.4. The Morgan fingerprint density at radius 3 is 3.15 bits per heavy atom. The summed E-state index contributed by atoms with van der Waals surface area (Å²) in [5.41, 5.74) is 15.1. The lowest BCUT2D eigenvalue weighted by Crippen LogP contribution is -2.40. The minimum atomic E-state index is -0.978. The molecule has 3 atom stereocenters. The molecule has 3 heterocycles. The molecule has 0 spiro atoms. The molecule has 0 aromatic carbocycles. The van der Waals surface area contributed by atoms with Crippen molar-refractivity contribution < 1.29 is 9.84 Å². The molecule has 20 heavy (non-hydrogen) atoms. The minimum Gasteiger partial charge on any atom is -0.388 e. The van der Waals surface area contributed by atoms with Crippen molar-refractivity contribution in [1.29, 1.82) is 0 Å². The second-order valence-electron chi connectivity index (χ2n) is 4.40. The Hall–Kier alpha value is -2.42. The SMILES string of the molecule is [N-]=[N+]=N[C@@H]1CCO[C@H](n2cnc3c(N)ncnc32)[C@@H]1O. The molecule has 0 bridgehead atoms. The third kappa shape index (κ3) is 1.92. The van der Waals surface area contributed by atoms with Crippen LogP contribution in [0.5, 0.6) is 0 Å². The van der Waals surface area contributed by atoms with Crippen LogP contribution in [-0.4, -0.2) is 43.4 Å². The normalized spacial score (nSPS) is 26.4. The Bertz CT molecular complexity index is 679. The first-order chi connectivity index (χ1) is 9.72. The van der Waals surface area contributed by atoms with Gasteiger partial charge >= 0.3 is 0 Å². The van der Waals surface area contributed by atoms with Crippen LogP contribution in [-0.2, 0) is 4.74 Å². The van der Waals surface area contributed by atoms with Crippen molar-refractivity contribution in [2.45, 2.75) is 24.8 Å². The van der Waals surface area contributed by atoms with Gasteiger partial charge in [0.15, 0.2) is 17.7 Å². The number of anilines is 1. The molecule has 0 unspecified atom stereocenters. The van der Waals surface area contributed by atoms with Crippen molar-refractivity contribution in [2.24, 2.45) is 5.11 Å². The fourth-order valence-electron chi connectivity index (χ4n) is 2.26. The van der Waals surface area contributed by atoms with Gasteiger partial charge in [-0.05, 0) is 12.0 Å². The molecular formula is C10H12N8O2. The van der Waals surface area contributed by atoms with Gasteiger partial charge in [-0.25, -0.2) is 15.0 Å². The topological polar surface area (TPSA) is 148 Å². The molecule has 3 N–H and O–H groups in total. The summed E-state index contributed by atoms with van der Waals surface area (Å²) in [6.07, 6.45) is 1.55. The van der Waals surface area contributed by atoms with Crippen LogP contribution in [0.15, 0.2) is 17.8 Å². The summed E-state index contributed by atoms with van der Waals surface area (Å²) in [4.78, 5) is 14.8. The van der Waals surface area contributed by atoms with Gasteiger partial charge in [-0.3, -0.25) is 4.57 Å². The highest BCUT2D eigenvalue weighted by molar-refractivity contribution is 5.81. The fourth-order valence-corrected chi connectivity index (χ4v) is 2.26. The Morgan fingerprint density at radius 2 is 2.35 bits per heavy atom. The first-order valence-electron chi connectivity index (χ1n) is 5.99. The van der Waals surface area contributed by atoms with Gasteiger partial charge in [0.1, 0.15) is 17.9 Å². The number of nitrogens with zero attached hydrogens (tertiary/aromatic N) is 7. The number of aliphatic hydroxyl groups excluding tert-OH is 1. The number of hydrogen-bond acceptors (Lipinski definition) is 7. The van der Waals surface area contributed by atoms with Crippen molar-refractivity contribution in [3.63, 3.8) is 0 Å². The lowest BCUT2D eigenvalue weighted by atomic mass is 10.0. The number of rotatable bonds is 2. The molecule has 10 heteroatoms. The monoisotopic (exact) mass is 276 g/mol. The van der Waals surface area contributed by atoms with Gasteiger partial charge in [-0.15, -0.1) is 0 Å². The van der Waals surface area contributed by atoms with E-state index in [0.717, 1.165) is 0 Å². The fraction of sp³-hybridized carbons (Fsp3) is 0.500. The van der Waals surface area contributed by atoms with Crippen molar-refractivity contribution >= 4 is 17.0 Å². The van der Waals surface area contributed by atoms with Crippen molar-refractivity contribution in [2.75, 3.05) is 12.3 Å². The quantitative estimate of drug-likeness (QED) is 0.459. The molecule has 1 fully saturated rings. The summed E-state index contributed by atoms with van der Waals surface area (Å²) in [6.45, 7) is 0.367. The minimum absolute atomic E-state index is 0.255. The maximum Gasteiger partial charge on any atom is 0.167 e. The molecule has 0 saturated carbocycles. The number of fused-ring (bicyclic) bond motifs is 1. The highest BCUT2D eigenvalue weighted by atomic mass is 16.5. The number of aromatic nitrogens is 4. The van der Waals surface area contributed by atoms with Crippen molar-refractivity contribution in [1.82, 2.24) is 19.5 Å².